The Hall–Kier alpha value is -0.120. The van der Waals surface area contributed by atoms with Gasteiger partial charge in [-0.25, -0.2) is 0 Å². The zero-order valence-electron chi connectivity index (χ0n) is 10.4. The summed E-state index contributed by atoms with van der Waals surface area (Å²) in [5.74, 6) is 0.772. The maximum atomic E-state index is 9.31. The number of hydrogen-bond donors (Lipinski definition) is 2. The Morgan fingerprint density at radius 1 is 1.47 bits per heavy atom. The molecule has 3 unspecified atom stereocenters. The van der Waals surface area contributed by atoms with Crippen LogP contribution >= 0.6 is 0 Å². The molecule has 0 aliphatic heterocycles. The second-order valence-electron chi connectivity index (χ2n) is 4.93. The van der Waals surface area contributed by atoms with Gasteiger partial charge in [0.15, 0.2) is 0 Å². The van der Waals surface area contributed by atoms with Crippen LogP contribution in [0, 0.1) is 5.92 Å². The molecule has 1 aliphatic rings. The van der Waals surface area contributed by atoms with Crippen LogP contribution in [0.2, 0.25) is 0 Å². The van der Waals surface area contributed by atoms with E-state index in [1.807, 2.05) is 6.92 Å². The largest absolute Gasteiger partial charge is 0.392 e. The molecule has 1 rings (SSSR count). The summed E-state index contributed by atoms with van der Waals surface area (Å²) in [6, 6.07) is 0.700. The SMILES string of the molecule is CCNC1CCCC1CN(C)CC(C)O. The van der Waals surface area contributed by atoms with Gasteiger partial charge >= 0.3 is 0 Å². The van der Waals surface area contributed by atoms with Crippen LogP contribution in [0.5, 0.6) is 0 Å². The maximum Gasteiger partial charge on any atom is 0.0638 e. The third-order valence-electron chi connectivity index (χ3n) is 3.25. The normalized spacial score (nSPS) is 28.6. The second kappa shape index (κ2) is 6.46. The number of aliphatic hydroxyl groups excluding tert-OH is 1. The lowest BCUT2D eigenvalue weighted by molar-refractivity contribution is 0.129. The summed E-state index contributed by atoms with van der Waals surface area (Å²) >= 11 is 0. The van der Waals surface area contributed by atoms with Crippen molar-refractivity contribution in [3.05, 3.63) is 0 Å². The van der Waals surface area contributed by atoms with E-state index in [9.17, 15) is 5.11 Å². The molecule has 0 heterocycles. The van der Waals surface area contributed by atoms with Crippen molar-refractivity contribution in [1.29, 1.82) is 0 Å². The zero-order valence-corrected chi connectivity index (χ0v) is 10.4. The Balaban J connectivity index is 2.29. The summed E-state index contributed by atoms with van der Waals surface area (Å²) < 4.78 is 0. The zero-order chi connectivity index (χ0) is 11.3. The number of rotatable bonds is 6. The molecule has 1 saturated carbocycles. The summed E-state index contributed by atoms with van der Waals surface area (Å²) in [4.78, 5) is 2.25. The lowest BCUT2D eigenvalue weighted by Crippen LogP contribution is -2.39. The van der Waals surface area contributed by atoms with E-state index in [2.05, 4.69) is 24.2 Å². The molecular weight excluding hydrogens is 188 g/mol. The van der Waals surface area contributed by atoms with E-state index in [4.69, 9.17) is 0 Å². The molecular formula is C12H26N2O. The fourth-order valence-electron chi connectivity index (χ4n) is 2.71. The van der Waals surface area contributed by atoms with E-state index in [0.29, 0.717) is 6.04 Å². The van der Waals surface area contributed by atoms with Crippen molar-refractivity contribution in [2.45, 2.75) is 45.3 Å². The molecule has 90 valence electrons. The molecule has 0 aromatic heterocycles. The summed E-state index contributed by atoms with van der Waals surface area (Å²) in [5, 5.41) is 12.9. The molecule has 1 fully saturated rings. The predicted molar refractivity (Wildman–Crippen MR) is 64.0 cm³/mol. The molecule has 3 atom stereocenters. The van der Waals surface area contributed by atoms with Gasteiger partial charge in [-0.15, -0.1) is 0 Å². The molecule has 0 aromatic rings. The molecule has 0 amide bonds. The first-order valence-electron chi connectivity index (χ1n) is 6.23. The van der Waals surface area contributed by atoms with Crippen molar-refractivity contribution in [3.8, 4) is 0 Å². The summed E-state index contributed by atoms with van der Waals surface area (Å²) in [6.45, 7) is 7.00. The number of likely N-dealkylation sites (N-methyl/N-ethyl adjacent to an activating group) is 1. The van der Waals surface area contributed by atoms with E-state index in [0.717, 1.165) is 25.6 Å². The van der Waals surface area contributed by atoms with Crippen LogP contribution in [0.15, 0.2) is 0 Å². The van der Waals surface area contributed by atoms with Gasteiger partial charge in [-0.1, -0.05) is 13.3 Å². The topological polar surface area (TPSA) is 35.5 Å². The van der Waals surface area contributed by atoms with Gasteiger partial charge in [-0.2, -0.15) is 0 Å². The van der Waals surface area contributed by atoms with E-state index in [1.165, 1.54) is 19.3 Å². The van der Waals surface area contributed by atoms with E-state index < -0.39 is 0 Å². The molecule has 0 spiro atoms. The third kappa shape index (κ3) is 4.49. The minimum atomic E-state index is -0.214. The number of nitrogens with one attached hydrogen (secondary N) is 1. The molecule has 3 heteroatoms. The molecule has 2 N–H and O–H groups in total. The molecule has 1 aliphatic carbocycles. The van der Waals surface area contributed by atoms with Gasteiger partial charge in [0.05, 0.1) is 6.10 Å². The minimum absolute atomic E-state index is 0.214. The Kier molecular flexibility index (Phi) is 5.58. The van der Waals surface area contributed by atoms with Crippen LogP contribution in [0.3, 0.4) is 0 Å². The smallest absolute Gasteiger partial charge is 0.0638 e. The first-order valence-corrected chi connectivity index (χ1v) is 6.23. The third-order valence-corrected chi connectivity index (χ3v) is 3.25. The minimum Gasteiger partial charge on any atom is -0.392 e. The highest BCUT2D eigenvalue weighted by molar-refractivity contribution is 4.84. The average Bonchev–Trinajstić information content (AvgIpc) is 2.52. The van der Waals surface area contributed by atoms with E-state index >= 15 is 0 Å². The van der Waals surface area contributed by atoms with Crippen molar-refractivity contribution in [3.63, 3.8) is 0 Å². The lowest BCUT2D eigenvalue weighted by atomic mass is 10.0. The molecule has 0 radical (unpaired) electrons. The average molecular weight is 214 g/mol. The van der Waals surface area contributed by atoms with Crippen LogP contribution in [-0.4, -0.2) is 48.8 Å². The van der Waals surface area contributed by atoms with E-state index in [-0.39, 0.29) is 6.10 Å². The second-order valence-corrected chi connectivity index (χ2v) is 4.93. The standard InChI is InChI=1S/C12H26N2O/c1-4-13-12-7-5-6-11(12)9-14(3)8-10(2)15/h10-13,15H,4-9H2,1-3H3. The van der Waals surface area contributed by atoms with Crippen molar-refractivity contribution in [1.82, 2.24) is 10.2 Å². The Morgan fingerprint density at radius 2 is 2.20 bits per heavy atom. The molecule has 15 heavy (non-hydrogen) atoms. The van der Waals surface area contributed by atoms with Crippen LogP contribution in [0.4, 0.5) is 0 Å². The van der Waals surface area contributed by atoms with E-state index in [1.54, 1.807) is 0 Å². The van der Waals surface area contributed by atoms with Gasteiger partial charge in [0.25, 0.3) is 0 Å². The first-order chi connectivity index (χ1) is 7.13. The highest BCUT2D eigenvalue weighted by Crippen LogP contribution is 2.26. The van der Waals surface area contributed by atoms with Crippen molar-refractivity contribution < 1.29 is 5.11 Å². The summed E-state index contributed by atoms with van der Waals surface area (Å²) in [5.41, 5.74) is 0. The van der Waals surface area contributed by atoms with Gasteiger partial charge in [-0.05, 0) is 39.3 Å². The Labute approximate surface area is 93.9 Å². The molecule has 3 nitrogen and oxygen atoms in total. The van der Waals surface area contributed by atoms with Gasteiger partial charge in [-0.3, -0.25) is 0 Å². The molecule has 0 saturated heterocycles. The number of hydrogen-bond acceptors (Lipinski definition) is 3. The Morgan fingerprint density at radius 3 is 2.80 bits per heavy atom. The van der Waals surface area contributed by atoms with Crippen LogP contribution < -0.4 is 5.32 Å². The lowest BCUT2D eigenvalue weighted by Gasteiger charge is -2.26. The van der Waals surface area contributed by atoms with Crippen LogP contribution in [0.25, 0.3) is 0 Å². The quantitative estimate of drug-likeness (QED) is 0.694. The number of nitrogens with zero attached hydrogens (tertiary/aromatic N) is 1. The predicted octanol–water partition coefficient (Wildman–Crippen LogP) is 1.08. The first kappa shape index (κ1) is 12.9. The highest BCUT2D eigenvalue weighted by Gasteiger charge is 2.27. The summed E-state index contributed by atoms with van der Waals surface area (Å²) in [7, 11) is 2.11. The fourth-order valence-corrected chi connectivity index (χ4v) is 2.71. The van der Waals surface area contributed by atoms with Gasteiger partial charge in [0.2, 0.25) is 0 Å². The Bertz CT molecular complexity index is 173. The van der Waals surface area contributed by atoms with Gasteiger partial charge in [0, 0.05) is 19.1 Å². The molecule has 0 aromatic carbocycles. The molecule has 0 bridgehead atoms. The van der Waals surface area contributed by atoms with Gasteiger partial charge in [0.1, 0.15) is 0 Å². The number of aliphatic hydroxyl groups is 1. The van der Waals surface area contributed by atoms with Crippen LogP contribution in [0.1, 0.15) is 33.1 Å². The fraction of sp³-hybridized carbons (Fsp3) is 1.00. The van der Waals surface area contributed by atoms with Crippen molar-refractivity contribution in [2.24, 2.45) is 5.92 Å². The van der Waals surface area contributed by atoms with Gasteiger partial charge < -0.3 is 15.3 Å². The highest BCUT2D eigenvalue weighted by atomic mass is 16.3. The monoisotopic (exact) mass is 214 g/mol. The van der Waals surface area contributed by atoms with Crippen LogP contribution in [-0.2, 0) is 0 Å². The maximum absolute atomic E-state index is 9.31. The summed E-state index contributed by atoms with van der Waals surface area (Å²) in [6.07, 6.45) is 3.79. The van der Waals surface area contributed by atoms with Crippen molar-refractivity contribution >= 4 is 0 Å². The van der Waals surface area contributed by atoms with Crippen molar-refractivity contribution in [2.75, 3.05) is 26.7 Å².